The number of benzene rings is 4. The van der Waals surface area contributed by atoms with Gasteiger partial charge in [0.15, 0.2) is 0 Å². The van der Waals surface area contributed by atoms with Gasteiger partial charge in [0.1, 0.15) is 18.8 Å². The summed E-state index contributed by atoms with van der Waals surface area (Å²) in [5, 5.41) is 9.69. The van der Waals surface area contributed by atoms with E-state index in [1.165, 1.54) is 6.42 Å². The van der Waals surface area contributed by atoms with Gasteiger partial charge in [0.05, 0.1) is 12.1 Å². The lowest BCUT2D eigenvalue weighted by Crippen LogP contribution is -2.45. The minimum atomic E-state index is -0.520. The second-order valence-corrected chi connectivity index (χ2v) is 18.8. The van der Waals surface area contributed by atoms with Crippen molar-refractivity contribution in [3.05, 3.63) is 144 Å². The van der Waals surface area contributed by atoms with Crippen LogP contribution in [0.1, 0.15) is 121 Å². The highest BCUT2D eigenvalue weighted by Gasteiger charge is 2.43. The number of carbonyl (C=O) groups excluding carboxylic acids is 3. The molecule has 0 spiro atoms. The zero-order valence-electron chi connectivity index (χ0n) is 37.3. The fourth-order valence-electron chi connectivity index (χ4n) is 8.34. The van der Waals surface area contributed by atoms with Gasteiger partial charge in [0.25, 0.3) is 0 Å². The van der Waals surface area contributed by atoms with Gasteiger partial charge in [-0.25, -0.2) is 14.4 Å². The van der Waals surface area contributed by atoms with Gasteiger partial charge in [-0.05, 0) is 128 Å². The molecule has 61 heavy (non-hydrogen) atoms. The zero-order chi connectivity index (χ0) is 43.9. The van der Waals surface area contributed by atoms with E-state index in [2.05, 4.69) is 55.8 Å². The molecule has 4 unspecified atom stereocenters. The molecule has 3 N–H and O–H groups in total. The zero-order valence-corrected chi connectivity index (χ0v) is 37.3. The lowest BCUT2D eigenvalue weighted by atomic mass is 9.90. The van der Waals surface area contributed by atoms with Crippen molar-refractivity contribution >= 4 is 18.3 Å². The van der Waals surface area contributed by atoms with Crippen LogP contribution in [0.4, 0.5) is 14.4 Å². The lowest BCUT2D eigenvalue weighted by molar-refractivity contribution is 0.0130. The van der Waals surface area contributed by atoms with Crippen LogP contribution in [0.15, 0.2) is 121 Å². The van der Waals surface area contributed by atoms with Crippen molar-refractivity contribution in [1.29, 1.82) is 0 Å². The van der Waals surface area contributed by atoms with Crippen LogP contribution in [0, 0.1) is 11.8 Å². The molecular formula is C51H68N4O6. The Labute approximate surface area is 364 Å². The molecule has 2 heterocycles. The average Bonchev–Trinajstić information content (AvgIpc) is 3.76. The number of amides is 3. The molecule has 3 amide bonds. The SMILES string of the molecule is CC(C)(C)OC(=O)N1CC(CCC(NC(=O)OCc2ccccc2)c2ccccc2)CC1(C)C.CC1(C)CC(CCC(NC(=O)OCc2ccccc2)c2ccccc2)CN1. The molecule has 328 valence electrons. The molecule has 0 radical (unpaired) electrons. The van der Waals surface area contributed by atoms with E-state index in [-0.39, 0.29) is 48.6 Å². The molecule has 2 aliphatic heterocycles. The first-order chi connectivity index (χ1) is 29.0. The van der Waals surface area contributed by atoms with Gasteiger partial charge in [-0.3, -0.25) is 0 Å². The van der Waals surface area contributed by atoms with Crippen molar-refractivity contribution in [2.75, 3.05) is 13.1 Å². The molecule has 0 aromatic heterocycles. The quantitative estimate of drug-likeness (QED) is 0.108. The van der Waals surface area contributed by atoms with E-state index in [9.17, 15) is 14.4 Å². The fraction of sp³-hybridized carbons (Fsp3) is 0.471. The van der Waals surface area contributed by atoms with Crippen LogP contribution in [0.25, 0.3) is 0 Å². The third kappa shape index (κ3) is 15.9. The maximum absolute atomic E-state index is 12.7. The fourth-order valence-corrected chi connectivity index (χ4v) is 8.34. The normalized spacial score (nSPS) is 18.8. The number of nitrogens with zero attached hydrogens (tertiary/aromatic N) is 1. The largest absolute Gasteiger partial charge is 0.445 e. The van der Waals surface area contributed by atoms with Gasteiger partial charge >= 0.3 is 18.3 Å². The summed E-state index contributed by atoms with van der Waals surface area (Å²) in [6.45, 7) is 16.6. The van der Waals surface area contributed by atoms with Crippen molar-refractivity contribution in [3.8, 4) is 0 Å². The Balaban J connectivity index is 0.000000237. The van der Waals surface area contributed by atoms with Gasteiger partial charge < -0.3 is 35.1 Å². The first-order valence-electron chi connectivity index (χ1n) is 21.9. The monoisotopic (exact) mass is 833 g/mol. The molecule has 4 aromatic rings. The third-order valence-electron chi connectivity index (χ3n) is 11.4. The molecule has 2 fully saturated rings. The molecule has 0 aliphatic carbocycles. The standard InChI is InChI=1S/C28H38N2O4.C23H30N2O2/c1-27(2,3)34-26(32)30-19-22(18-28(30,4)5)16-17-24(23-14-10-7-11-15-23)29-25(31)33-20-21-12-8-6-9-13-21;1-23(2)15-19(16-24-23)13-14-21(20-11-7-4-8-12-20)25-22(26)27-17-18-9-5-3-6-10-18/h6-15,22,24H,16-20H2,1-5H3,(H,29,31);3-12,19,21,24H,13-17H2,1-2H3,(H,25,26). The van der Waals surface area contributed by atoms with E-state index in [0.29, 0.717) is 18.4 Å². The van der Waals surface area contributed by atoms with Gasteiger partial charge in [-0.1, -0.05) is 121 Å². The molecule has 0 saturated carbocycles. The highest BCUT2D eigenvalue weighted by Crippen LogP contribution is 2.37. The third-order valence-corrected chi connectivity index (χ3v) is 11.4. The van der Waals surface area contributed by atoms with Gasteiger partial charge in [0.2, 0.25) is 0 Å². The summed E-state index contributed by atoms with van der Waals surface area (Å²) < 4.78 is 16.5. The number of rotatable bonds is 14. The molecule has 4 atom stereocenters. The smallest absolute Gasteiger partial charge is 0.410 e. The molecule has 6 rings (SSSR count). The minimum Gasteiger partial charge on any atom is -0.445 e. The molecular weight excluding hydrogens is 765 g/mol. The van der Waals surface area contributed by atoms with Crippen LogP contribution in [-0.4, -0.2) is 52.9 Å². The van der Waals surface area contributed by atoms with Gasteiger partial charge in [-0.15, -0.1) is 0 Å². The predicted molar refractivity (Wildman–Crippen MR) is 242 cm³/mol. The van der Waals surface area contributed by atoms with Crippen molar-refractivity contribution in [2.24, 2.45) is 11.8 Å². The lowest BCUT2D eigenvalue weighted by Gasteiger charge is -2.33. The Bertz CT molecular complexity index is 1940. The van der Waals surface area contributed by atoms with Crippen molar-refractivity contribution < 1.29 is 28.6 Å². The number of likely N-dealkylation sites (tertiary alicyclic amines) is 1. The summed E-state index contributed by atoms with van der Waals surface area (Å²) >= 11 is 0. The van der Waals surface area contributed by atoms with E-state index in [1.54, 1.807) is 0 Å². The van der Waals surface area contributed by atoms with Crippen LogP contribution in [0.5, 0.6) is 0 Å². The molecule has 4 aromatic carbocycles. The summed E-state index contributed by atoms with van der Waals surface area (Å²) in [6.07, 6.45) is 4.63. The summed E-state index contributed by atoms with van der Waals surface area (Å²) in [6, 6.07) is 39.3. The number of alkyl carbamates (subject to hydrolysis) is 2. The highest BCUT2D eigenvalue weighted by atomic mass is 16.6. The minimum absolute atomic E-state index is 0.0295. The van der Waals surface area contributed by atoms with Crippen LogP contribution in [0.3, 0.4) is 0 Å². The second kappa shape index (κ2) is 22.0. The van der Waals surface area contributed by atoms with Crippen LogP contribution < -0.4 is 16.0 Å². The van der Waals surface area contributed by atoms with E-state index in [4.69, 9.17) is 14.2 Å². The van der Waals surface area contributed by atoms with Crippen molar-refractivity contribution in [1.82, 2.24) is 20.9 Å². The van der Waals surface area contributed by atoms with Crippen LogP contribution in [0.2, 0.25) is 0 Å². The van der Waals surface area contributed by atoms with Crippen LogP contribution in [-0.2, 0) is 27.4 Å². The number of hydrogen-bond acceptors (Lipinski definition) is 7. The van der Waals surface area contributed by atoms with E-state index in [1.807, 2.05) is 135 Å². The maximum Gasteiger partial charge on any atom is 0.410 e. The van der Waals surface area contributed by atoms with Crippen LogP contribution >= 0.6 is 0 Å². The van der Waals surface area contributed by atoms with Gasteiger partial charge in [0, 0.05) is 17.6 Å². The van der Waals surface area contributed by atoms with E-state index < -0.39 is 11.7 Å². The van der Waals surface area contributed by atoms with E-state index >= 15 is 0 Å². The predicted octanol–water partition coefficient (Wildman–Crippen LogP) is 11.3. The topological polar surface area (TPSA) is 118 Å². The average molecular weight is 833 g/mol. The highest BCUT2D eigenvalue weighted by molar-refractivity contribution is 5.70. The molecule has 10 heteroatoms. The molecule has 2 aliphatic rings. The Hall–Kier alpha value is -5.35. The maximum atomic E-state index is 12.7. The molecule has 0 bridgehead atoms. The first-order valence-corrected chi connectivity index (χ1v) is 21.9. The van der Waals surface area contributed by atoms with Gasteiger partial charge in [-0.2, -0.15) is 0 Å². The summed E-state index contributed by atoms with van der Waals surface area (Å²) in [7, 11) is 0. The Morgan fingerprint density at radius 3 is 1.49 bits per heavy atom. The Kier molecular flexibility index (Phi) is 16.8. The Morgan fingerprint density at radius 2 is 1.08 bits per heavy atom. The summed E-state index contributed by atoms with van der Waals surface area (Å²) in [4.78, 5) is 39.5. The second-order valence-electron chi connectivity index (χ2n) is 18.8. The van der Waals surface area contributed by atoms with Crippen molar-refractivity contribution in [3.63, 3.8) is 0 Å². The summed E-state index contributed by atoms with van der Waals surface area (Å²) in [5.74, 6) is 0.976. The molecule has 2 saturated heterocycles. The number of ether oxygens (including phenoxy) is 3. The van der Waals surface area contributed by atoms with E-state index in [0.717, 1.165) is 60.9 Å². The number of carbonyl (C=O) groups is 3. The number of nitrogens with one attached hydrogen (secondary N) is 3. The number of hydrogen-bond donors (Lipinski definition) is 3. The Morgan fingerprint density at radius 1 is 0.656 bits per heavy atom. The first kappa shape index (κ1) is 46.7. The summed E-state index contributed by atoms with van der Waals surface area (Å²) in [5.41, 5.74) is 3.53. The molecule has 10 nitrogen and oxygen atoms in total. The van der Waals surface area contributed by atoms with Crippen molar-refractivity contribution in [2.45, 2.75) is 129 Å².